The van der Waals surface area contributed by atoms with Crippen LogP contribution in [0, 0.1) is 0 Å². The Labute approximate surface area is 167 Å². The second kappa shape index (κ2) is 19.9. The predicted octanol–water partition coefficient (Wildman–Crippen LogP) is 5.27. The fourth-order valence-corrected chi connectivity index (χ4v) is 3.16. The summed E-state index contributed by atoms with van der Waals surface area (Å²) in [6.07, 6.45) is 19.9. The molecule has 0 aliphatic rings. The molecule has 0 radical (unpaired) electrons. The first-order valence-corrected chi connectivity index (χ1v) is 11.4. The zero-order chi connectivity index (χ0) is 20.2. The molecule has 0 rings (SSSR count). The third-order valence-corrected chi connectivity index (χ3v) is 5.03. The molecule has 2 atom stereocenters. The second-order valence-electron chi connectivity index (χ2n) is 7.69. The van der Waals surface area contributed by atoms with E-state index in [0.717, 1.165) is 38.5 Å². The molecule has 0 bridgehead atoms. The Bertz CT molecular complexity index is 358. The first-order chi connectivity index (χ1) is 13.2. The van der Waals surface area contributed by atoms with Crippen molar-refractivity contribution in [2.45, 2.75) is 122 Å². The van der Waals surface area contributed by atoms with Crippen LogP contribution in [0.5, 0.6) is 0 Å². The zero-order valence-corrected chi connectivity index (χ0v) is 17.9. The minimum Gasteiger partial charge on any atom is -0.394 e. The Kier molecular flexibility index (Phi) is 19.2. The van der Waals surface area contributed by atoms with Crippen LogP contribution in [0.1, 0.15) is 110 Å². The average Bonchev–Trinajstić information content (AvgIpc) is 2.67. The number of hydrogen-bond acceptors (Lipinski definition) is 3. The van der Waals surface area contributed by atoms with Crippen LogP contribution in [0.3, 0.4) is 0 Å². The van der Waals surface area contributed by atoms with E-state index in [0.29, 0.717) is 12.8 Å². The highest BCUT2D eigenvalue weighted by molar-refractivity contribution is 5.76. The summed E-state index contributed by atoms with van der Waals surface area (Å²) in [5, 5.41) is 22.4. The van der Waals surface area contributed by atoms with Crippen LogP contribution in [-0.2, 0) is 4.79 Å². The van der Waals surface area contributed by atoms with Gasteiger partial charge in [0, 0.05) is 6.42 Å². The van der Waals surface area contributed by atoms with Crippen LogP contribution in [0.25, 0.3) is 0 Å². The van der Waals surface area contributed by atoms with Crippen molar-refractivity contribution in [2.75, 3.05) is 6.61 Å². The molecule has 1 amide bonds. The van der Waals surface area contributed by atoms with Gasteiger partial charge in [-0.05, 0) is 32.1 Å². The molecule has 27 heavy (non-hydrogen) atoms. The Balaban J connectivity index is 3.66. The highest BCUT2D eigenvalue weighted by Gasteiger charge is 2.19. The Hall–Kier alpha value is -0.870. The van der Waals surface area contributed by atoms with Crippen molar-refractivity contribution in [1.29, 1.82) is 0 Å². The van der Waals surface area contributed by atoms with Gasteiger partial charge in [0.2, 0.25) is 5.91 Å². The van der Waals surface area contributed by atoms with E-state index < -0.39 is 12.1 Å². The first kappa shape index (κ1) is 26.1. The minimum absolute atomic E-state index is 0.0551. The molecule has 0 saturated carbocycles. The van der Waals surface area contributed by atoms with Crippen molar-refractivity contribution in [3.8, 4) is 0 Å². The lowest BCUT2D eigenvalue weighted by molar-refractivity contribution is -0.123. The van der Waals surface area contributed by atoms with Crippen molar-refractivity contribution in [2.24, 2.45) is 0 Å². The van der Waals surface area contributed by atoms with Crippen molar-refractivity contribution in [3.63, 3.8) is 0 Å². The number of rotatable bonds is 19. The molecule has 0 fully saturated rings. The maximum atomic E-state index is 12.0. The van der Waals surface area contributed by atoms with E-state index in [1.54, 1.807) is 0 Å². The van der Waals surface area contributed by atoms with Gasteiger partial charge in [-0.2, -0.15) is 0 Å². The molecule has 0 heterocycles. The molecule has 4 heteroatoms. The molecule has 0 aromatic rings. The highest BCUT2D eigenvalue weighted by Crippen LogP contribution is 2.10. The number of carbonyl (C=O) groups excluding carboxylic acids is 1. The molecule has 0 aliphatic carbocycles. The minimum atomic E-state index is -0.652. The summed E-state index contributed by atoms with van der Waals surface area (Å²) in [5.41, 5.74) is 0. The number of aliphatic hydroxyl groups excluding tert-OH is 2. The predicted molar refractivity (Wildman–Crippen MR) is 115 cm³/mol. The van der Waals surface area contributed by atoms with E-state index in [2.05, 4.69) is 31.3 Å². The average molecular weight is 384 g/mol. The lowest BCUT2D eigenvalue weighted by Crippen LogP contribution is -2.45. The third kappa shape index (κ3) is 17.0. The van der Waals surface area contributed by atoms with E-state index in [9.17, 15) is 15.0 Å². The molecule has 0 aliphatic heterocycles. The van der Waals surface area contributed by atoms with E-state index in [-0.39, 0.29) is 12.5 Å². The van der Waals surface area contributed by atoms with Crippen molar-refractivity contribution in [3.05, 3.63) is 12.2 Å². The fourth-order valence-electron chi connectivity index (χ4n) is 3.16. The topological polar surface area (TPSA) is 69.6 Å². The van der Waals surface area contributed by atoms with Gasteiger partial charge in [-0.15, -0.1) is 0 Å². The second-order valence-corrected chi connectivity index (χ2v) is 7.69. The first-order valence-electron chi connectivity index (χ1n) is 11.4. The maximum Gasteiger partial charge on any atom is 0.220 e. The lowest BCUT2D eigenvalue weighted by atomic mass is 10.0. The molecule has 2 unspecified atom stereocenters. The molecular formula is C23H45NO3. The van der Waals surface area contributed by atoms with Gasteiger partial charge in [-0.25, -0.2) is 0 Å². The van der Waals surface area contributed by atoms with Crippen molar-refractivity contribution >= 4 is 5.91 Å². The summed E-state index contributed by atoms with van der Waals surface area (Å²) < 4.78 is 0. The van der Waals surface area contributed by atoms with Gasteiger partial charge in [0.15, 0.2) is 0 Å². The number of allylic oxidation sites excluding steroid dienone is 2. The molecule has 3 N–H and O–H groups in total. The number of aliphatic hydroxyl groups is 2. The van der Waals surface area contributed by atoms with Crippen LogP contribution in [0.2, 0.25) is 0 Å². The third-order valence-electron chi connectivity index (χ3n) is 5.03. The van der Waals surface area contributed by atoms with Gasteiger partial charge in [0.25, 0.3) is 0 Å². The summed E-state index contributed by atoms with van der Waals surface area (Å²) in [6.45, 7) is 4.17. The smallest absolute Gasteiger partial charge is 0.220 e. The Morgan fingerprint density at radius 1 is 0.852 bits per heavy atom. The molecule has 0 aromatic carbocycles. The molecule has 0 aromatic heterocycles. The number of carbonyl (C=O) groups is 1. The molecule has 160 valence electrons. The van der Waals surface area contributed by atoms with Gasteiger partial charge in [-0.3, -0.25) is 4.79 Å². The Morgan fingerprint density at radius 3 is 2.11 bits per heavy atom. The number of unbranched alkanes of at least 4 members (excludes halogenated alkanes) is 10. The van der Waals surface area contributed by atoms with Gasteiger partial charge in [0.1, 0.15) is 0 Å². The standard InChI is InChI=1S/C23H45NO3/c1-3-5-7-9-10-11-12-13-14-15-17-19-23(27)24-21(20-25)22(26)18-16-8-6-4-2/h9-10,21-22,25-26H,3-8,11-20H2,1-2H3,(H,24,27)/b10-9-. The number of amides is 1. The molecule has 0 saturated heterocycles. The SMILES string of the molecule is CCCC/C=C\CCCCCCCC(=O)NC(CO)C(O)CCCCCC. The molecule has 4 nitrogen and oxygen atoms in total. The normalized spacial score (nSPS) is 13.8. The van der Waals surface area contributed by atoms with Gasteiger partial charge in [-0.1, -0.05) is 83.8 Å². The van der Waals surface area contributed by atoms with Gasteiger partial charge >= 0.3 is 0 Å². The molecular weight excluding hydrogens is 338 g/mol. The largest absolute Gasteiger partial charge is 0.394 e. The van der Waals surface area contributed by atoms with E-state index in [1.165, 1.54) is 44.9 Å². The number of hydrogen-bond donors (Lipinski definition) is 3. The van der Waals surface area contributed by atoms with Crippen LogP contribution < -0.4 is 5.32 Å². The van der Waals surface area contributed by atoms with Gasteiger partial charge in [0.05, 0.1) is 18.8 Å². The molecule has 0 spiro atoms. The van der Waals surface area contributed by atoms with Crippen LogP contribution in [-0.4, -0.2) is 34.9 Å². The Morgan fingerprint density at radius 2 is 1.44 bits per heavy atom. The fraction of sp³-hybridized carbons (Fsp3) is 0.870. The van der Waals surface area contributed by atoms with Crippen molar-refractivity contribution in [1.82, 2.24) is 5.32 Å². The van der Waals surface area contributed by atoms with E-state index in [4.69, 9.17) is 0 Å². The lowest BCUT2D eigenvalue weighted by Gasteiger charge is -2.22. The van der Waals surface area contributed by atoms with Gasteiger partial charge < -0.3 is 15.5 Å². The van der Waals surface area contributed by atoms with Crippen LogP contribution in [0.4, 0.5) is 0 Å². The van der Waals surface area contributed by atoms with Crippen molar-refractivity contribution < 1.29 is 15.0 Å². The summed E-state index contributed by atoms with van der Waals surface area (Å²) in [6, 6.07) is -0.529. The summed E-state index contributed by atoms with van der Waals surface area (Å²) in [4.78, 5) is 12.0. The monoisotopic (exact) mass is 383 g/mol. The van der Waals surface area contributed by atoms with E-state index >= 15 is 0 Å². The van der Waals surface area contributed by atoms with E-state index in [1.807, 2.05) is 0 Å². The zero-order valence-electron chi connectivity index (χ0n) is 17.9. The van der Waals surface area contributed by atoms with Crippen LogP contribution in [0.15, 0.2) is 12.2 Å². The summed E-state index contributed by atoms with van der Waals surface area (Å²) in [5.74, 6) is -0.0551. The summed E-state index contributed by atoms with van der Waals surface area (Å²) in [7, 11) is 0. The number of nitrogens with one attached hydrogen (secondary N) is 1. The quantitative estimate of drug-likeness (QED) is 0.210. The highest BCUT2D eigenvalue weighted by atomic mass is 16.3. The summed E-state index contributed by atoms with van der Waals surface area (Å²) >= 11 is 0. The van der Waals surface area contributed by atoms with Crippen LogP contribution >= 0.6 is 0 Å². The maximum absolute atomic E-state index is 12.0.